The first-order valence-corrected chi connectivity index (χ1v) is 7.88. The second-order valence-corrected chi connectivity index (χ2v) is 6.17. The molecule has 0 spiro atoms. The molecular weight excluding hydrogens is 296 g/mol. The lowest BCUT2D eigenvalue weighted by molar-refractivity contribution is 0.0947. The molecule has 1 amide bonds. The van der Waals surface area contributed by atoms with Gasteiger partial charge in [-0.25, -0.2) is 4.98 Å². The van der Waals surface area contributed by atoms with E-state index in [1.165, 1.54) is 11.3 Å². The van der Waals surface area contributed by atoms with Crippen molar-refractivity contribution in [2.75, 3.05) is 0 Å². The molecular formula is C17H16N2O2S. The van der Waals surface area contributed by atoms with Crippen LogP contribution in [0.5, 0.6) is 0 Å². The Morgan fingerprint density at radius 3 is 2.59 bits per heavy atom. The Bertz CT molecular complexity index is 761. The highest BCUT2D eigenvalue weighted by molar-refractivity contribution is 7.17. The summed E-state index contributed by atoms with van der Waals surface area (Å²) in [6.07, 6.45) is 1.60. The van der Waals surface area contributed by atoms with Crippen LogP contribution in [0.15, 0.2) is 53.1 Å². The van der Waals surface area contributed by atoms with Gasteiger partial charge in [0.25, 0.3) is 5.91 Å². The Hall–Kier alpha value is -2.40. The van der Waals surface area contributed by atoms with Crippen LogP contribution in [-0.4, -0.2) is 16.9 Å². The predicted octanol–water partition coefficient (Wildman–Crippen LogP) is 4.21. The highest BCUT2D eigenvalue weighted by Gasteiger charge is 2.21. The largest absolute Gasteiger partial charge is 0.462 e. The Morgan fingerprint density at radius 2 is 1.95 bits per heavy atom. The number of nitrogens with one attached hydrogen (secondary N) is 1. The molecule has 2 aromatic heterocycles. The Kier molecular flexibility index (Phi) is 4.06. The second kappa shape index (κ2) is 6.15. The van der Waals surface area contributed by atoms with E-state index in [4.69, 9.17) is 4.42 Å². The predicted molar refractivity (Wildman–Crippen MR) is 87.9 cm³/mol. The number of amides is 1. The van der Waals surface area contributed by atoms with Crippen molar-refractivity contribution in [3.8, 4) is 22.0 Å². The average Bonchev–Trinajstić information content (AvgIpc) is 3.16. The smallest absolute Gasteiger partial charge is 0.263 e. The van der Waals surface area contributed by atoms with E-state index in [-0.39, 0.29) is 11.9 Å². The molecule has 0 unspecified atom stereocenters. The van der Waals surface area contributed by atoms with Crippen molar-refractivity contribution in [2.24, 2.45) is 0 Å². The molecule has 2 heterocycles. The fraction of sp³-hybridized carbons (Fsp3) is 0.176. The van der Waals surface area contributed by atoms with Gasteiger partial charge in [0.2, 0.25) is 0 Å². The number of aromatic nitrogens is 1. The molecule has 0 radical (unpaired) electrons. The van der Waals surface area contributed by atoms with E-state index < -0.39 is 0 Å². The van der Waals surface area contributed by atoms with Crippen LogP contribution >= 0.6 is 11.3 Å². The zero-order chi connectivity index (χ0) is 15.5. The van der Waals surface area contributed by atoms with Gasteiger partial charge < -0.3 is 9.73 Å². The van der Waals surface area contributed by atoms with E-state index in [9.17, 15) is 4.79 Å². The molecule has 3 aromatic rings. The maximum atomic E-state index is 12.5. The molecule has 0 atom stereocenters. The fourth-order valence-corrected chi connectivity index (χ4v) is 3.06. The third-order valence-electron chi connectivity index (χ3n) is 3.03. The van der Waals surface area contributed by atoms with Gasteiger partial charge in [-0.05, 0) is 26.0 Å². The van der Waals surface area contributed by atoms with Crippen LogP contribution in [0.2, 0.25) is 0 Å². The van der Waals surface area contributed by atoms with Gasteiger partial charge in [-0.3, -0.25) is 4.79 Å². The number of carbonyl (C=O) groups excluding carboxylic acids is 1. The lowest BCUT2D eigenvalue weighted by Crippen LogP contribution is -2.29. The maximum absolute atomic E-state index is 12.5. The number of hydrogen-bond donors (Lipinski definition) is 1. The first kappa shape index (κ1) is 14.5. The second-order valence-electron chi connectivity index (χ2n) is 5.17. The van der Waals surface area contributed by atoms with E-state index in [2.05, 4.69) is 10.3 Å². The van der Waals surface area contributed by atoms with Crippen molar-refractivity contribution in [3.63, 3.8) is 0 Å². The van der Waals surface area contributed by atoms with E-state index in [1.807, 2.05) is 56.3 Å². The molecule has 22 heavy (non-hydrogen) atoms. The first-order valence-electron chi connectivity index (χ1n) is 7.06. The van der Waals surface area contributed by atoms with E-state index in [0.717, 1.165) is 5.56 Å². The molecule has 0 saturated carbocycles. The van der Waals surface area contributed by atoms with Gasteiger partial charge >= 0.3 is 0 Å². The molecule has 0 aliphatic carbocycles. The van der Waals surface area contributed by atoms with Gasteiger partial charge in [0.1, 0.15) is 4.88 Å². The Morgan fingerprint density at radius 1 is 1.18 bits per heavy atom. The summed E-state index contributed by atoms with van der Waals surface area (Å²) in [4.78, 5) is 17.7. The van der Waals surface area contributed by atoms with Crippen LogP contribution < -0.4 is 5.32 Å². The molecule has 0 bridgehead atoms. The Balaban J connectivity index is 2.08. The molecule has 3 rings (SSSR count). The fourth-order valence-electron chi connectivity index (χ4n) is 2.10. The lowest BCUT2D eigenvalue weighted by atomic mass is 10.1. The standard InChI is InChI=1S/C17H16N2O2S/c1-11(2)18-16(20)15-14(12-7-4-3-5-8-12)19-17(22-15)13-9-6-10-21-13/h3-11H,1-2H3,(H,18,20). The quantitative estimate of drug-likeness (QED) is 0.785. The van der Waals surface area contributed by atoms with Crippen molar-refractivity contribution < 1.29 is 9.21 Å². The van der Waals surface area contributed by atoms with Crippen molar-refractivity contribution in [1.82, 2.24) is 10.3 Å². The van der Waals surface area contributed by atoms with Crippen molar-refractivity contribution >= 4 is 17.2 Å². The van der Waals surface area contributed by atoms with E-state index in [1.54, 1.807) is 6.26 Å². The summed E-state index contributed by atoms with van der Waals surface area (Å²) in [6, 6.07) is 13.4. The summed E-state index contributed by atoms with van der Waals surface area (Å²) in [7, 11) is 0. The van der Waals surface area contributed by atoms with Crippen molar-refractivity contribution in [1.29, 1.82) is 0 Å². The molecule has 5 heteroatoms. The maximum Gasteiger partial charge on any atom is 0.263 e. The monoisotopic (exact) mass is 312 g/mol. The molecule has 0 aliphatic rings. The molecule has 0 saturated heterocycles. The van der Waals surface area contributed by atoms with Gasteiger partial charge in [-0.15, -0.1) is 11.3 Å². The summed E-state index contributed by atoms with van der Waals surface area (Å²) in [5.41, 5.74) is 1.61. The SMILES string of the molecule is CC(C)NC(=O)c1sc(-c2ccco2)nc1-c1ccccc1. The van der Waals surface area contributed by atoms with Gasteiger partial charge in [-0.1, -0.05) is 30.3 Å². The molecule has 1 N–H and O–H groups in total. The van der Waals surface area contributed by atoms with Gasteiger partial charge in [0.15, 0.2) is 10.8 Å². The third kappa shape index (κ3) is 2.94. The van der Waals surface area contributed by atoms with E-state index in [0.29, 0.717) is 21.3 Å². The summed E-state index contributed by atoms with van der Waals surface area (Å²) in [6.45, 7) is 3.88. The highest BCUT2D eigenvalue weighted by Crippen LogP contribution is 2.34. The van der Waals surface area contributed by atoms with Gasteiger partial charge in [-0.2, -0.15) is 0 Å². The summed E-state index contributed by atoms with van der Waals surface area (Å²) < 4.78 is 5.40. The third-order valence-corrected chi connectivity index (χ3v) is 4.10. The summed E-state index contributed by atoms with van der Waals surface area (Å²) in [5, 5.41) is 3.63. The van der Waals surface area contributed by atoms with Crippen LogP contribution in [-0.2, 0) is 0 Å². The summed E-state index contributed by atoms with van der Waals surface area (Å²) in [5.74, 6) is 0.565. The first-order chi connectivity index (χ1) is 10.6. The lowest BCUT2D eigenvalue weighted by Gasteiger charge is -2.07. The summed E-state index contributed by atoms with van der Waals surface area (Å²) >= 11 is 1.35. The number of rotatable bonds is 4. The van der Waals surface area contributed by atoms with Crippen LogP contribution in [0.4, 0.5) is 0 Å². The average molecular weight is 312 g/mol. The normalized spacial score (nSPS) is 10.9. The van der Waals surface area contributed by atoms with Crippen LogP contribution in [0.3, 0.4) is 0 Å². The topological polar surface area (TPSA) is 55.1 Å². The Labute approximate surface area is 132 Å². The molecule has 4 nitrogen and oxygen atoms in total. The zero-order valence-electron chi connectivity index (χ0n) is 12.4. The number of benzene rings is 1. The van der Waals surface area contributed by atoms with Crippen LogP contribution in [0, 0.1) is 0 Å². The van der Waals surface area contributed by atoms with Crippen LogP contribution in [0.1, 0.15) is 23.5 Å². The molecule has 1 aromatic carbocycles. The number of nitrogens with zero attached hydrogens (tertiary/aromatic N) is 1. The highest BCUT2D eigenvalue weighted by atomic mass is 32.1. The van der Waals surface area contributed by atoms with Gasteiger partial charge in [0.05, 0.1) is 12.0 Å². The number of furan rings is 1. The number of carbonyl (C=O) groups is 1. The van der Waals surface area contributed by atoms with Crippen LogP contribution in [0.25, 0.3) is 22.0 Å². The van der Waals surface area contributed by atoms with Gasteiger partial charge in [0, 0.05) is 11.6 Å². The number of thiazole rings is 1. The molecule has 112 valence electrons. The molecule has 0 aliphatic heterocycles. The minimum absolute atomic E-state index is 0.0743. The zero-order valence-corrected chi connectivity index (χ0v) is 13.2. The van der Waals surface area contributed by atoms with E-state index >= 15 is 0 Å². The number of hydrogen-bond acceptors (Lipinski definition) is 4. The van der Waals surface area contributed by atoms with Crippen molar-refractivity contribution in [2.45, 2.75) is 19.9 Å². The van der Waals surface area contributed by atoms with Crippen molar-refractivity contribution in [3.05, 3.63) is 53.6 Å². The minimum Gasteiger partial charge on any atom is -0.462 e. The molecule has 0 fully saturated rings. The minimum atomic E-state index is -0.107.